The molecule has 1 heteroatoms. The fraction of sp³-hybridized carbons (Fsp3) is 1.00. The van der Waals surface area contributed by atoms with E-state index in [2.05, 4.69) is 41.5 Å². The van der Waals surface area contributed by atoms with Gasteiger partial charge in [-0.05, 0) is 110 Å². The van der Waals surface area contributed by atoms with E-state index in [4.69, 9.17) is 5.73 Å². The number of fused-ring (bicyclic) bond motifs is 5. The zero-order chi connectivity index (χ0) is 21.0. The van der Waals surface area contributed by atoms with Gasteiger partial charge in [0.05, 0.1) is 0 Å². The molecule has 29 heavy (non-hydrogen) atoms. The predicted molar refractivity (Wildman–Crippen MR) is 126 cm³/mol. The molecule has 1 nitrogen and oxygen atoms in total. The Hall–Kier alpha value is -0.0400. The Morgan fingerprint density at radius 1 is 0.759 bits per heavy atom. The van der Waals surface area contributed by atoms with E-state index in [1.807, 2.05) is 0 Å². The Labute approximate surface area is 182 Å². The molecule has 1 unspecified atom stereocenters. The van der Waals surface area contributed by atoms with Crippen LogP contribution >= 0.6 is 0 Å². The highest BCUT2D eigenvalue weighted by Gasteiger charge is 2.65. The SMILES string of the molecule is CC(C)CCC[C@@H](C)[C@H]1CC[C@@H]2C1(C)CC[C@@H]1[C@@]3(C)CC[C@H](N)C[C@@H]3CC[C@]12C. The van der Waals surface area contributed by atoms with Crippen molar-refractivity contribution in [2.75, 3.05) is 0 Å². The van der Waals surface area contributed by atoms with E-state index in [1.54, 1.807) is 0 Å². The summed E-state index contributed by atoms with van der Waals surface area (Å²) in [6, 6.07) is 0.480. The molecule has 0 aromatic carbocycles. The zero-order valence-corrected chi connectivity index (χ0v) is 20.6. The lowest BCUT2D eigenvalue weighted by molar-refractivity contribution is -0.168. The molecule has 0 saturated heterocycles. The molecule has 2 N–H and O–H groups in total. The molecule has 0 bridgehead atoms. The molecular weight excluding hydrogens is 350 g/mol. The molecule has 0 aromatic rings. The van der Waals surface area contributed by atoms with E-state index in [1.165, 1.54) is 77.0 Å². The highest BCUT2D eigenvalue weighted by atomic mass is 14.7. The first-order valence-electron chi connectivity index (χ1n) is 13.4. The fourth-order valence-corrected chi connectivity index (χ4v) is 9.99. The Morgan fingerprint density at radius 2 is 1.41 bits per heavy atom. The highest BCUT2D eigenvalue weighted by Crippen LogP contribution is 2.72. The molecule has 9 atom stereocenters. The second kappa shape index (κ2) is 7.83. The molecule has 4 aliphatic rings. The molecule has 0 aromatic heterocycles. The van der Waals surface area contributed by atoms with Gasteiger partial charge in [0.1, 0.15) is 0 Å². The molecular formula is C28H51N. The number of hydrogen-bond acceptors (Lipinski definition) is 1. The van der Waals surface area contributed by atoms with Crippen molar-refractivity contribution in [1.82, 2.24) is 0 Å². The average molecular weight is 402 g/mol. The van der Waals surface area contributed by atoms with Crippen LogP contribution in [0.25, 0.3) is 0 Å². The third-order valence-electron chi connectivity index (χ3n) is 11.5. The standard InChI is InChI=1S/C28H51N/c1-19(2)8-7-9-20(3)23-10-11-24-27(23,5)17-14-25-26(4)16-13-22(29)18-21(26)12-15-28(24,25)6/h19-25H,7-18,29H2,1-6H3/t20-,21+,22+,23-,24-,25-,26+,27?,28+/m1/s1. The van der Waals surface area contributed by atoms with Gasteiger partial charge in [0.2, 0.25) is 0 Å². The van der Waals surface area contributed by atoms with E-state index in [0.29, 0.717) is 22.3 Å². The van der Waals surface area contributed by atoms with Crippen molar-refractivity contribution < 1.29 is 0 Å². The van der Waals surface area contributed by atoms with E-state index < -0.39 is 0 Å². The van der Waals surface area contributed by atoms with Gasteiger partial charge in [0.25, 0.3) is 0 Å². The lowest BCUT2D eigenvalue weighted by atomic mass is 9.39. The maximum absolute atomic E-state index is 6.42. The van der Waals surface area contributed by atoms with Crippen molar-refractivity contribution in [2.45, 2.75) is 125 Å². The number of hydrogen-bond donors (Lipinski definition) is 1. The van der Waals surface area contributed by atoms with Gasteiger partial charge in [-0.3, -0.25) is 0 Å². The Morgan fingerprint density at radius 3 is 2.14 bits per heavy atom. The first-order chi connectivity index (χ1) is 13.6. The van der Waals surface area contributed by atoms with Gasteiger partial charge in [-0.2, -0.15) is 0 Å². The van der Waals surface area contributed by atoms with Gasteiger partial charge in [-0.25, -0.2) is 0 Å². The summed E-state index contributed by atoms with van der Waals surface area (Å²) in [4.78, 5) is 0. The first-order valence-corrected chi connectivity index (χ1v) is 13.4. The maximum atomic E-state index is 6.42. The summed E-state index contributed by atoms with van der Waals surface area (Å²) in [6.07, 6.45) is 17.3. The van der Waals surface area contributed by atoms with Crippen molar-refractivity contribution in [1.29, 1.82) is 0 Å². The Bertz CT molecular complexity index is 583. The van der Waals surface area contributed by atoms with E-state index in [0.717, 1.165) is 35.5 Å². The summed E-state index contributed by atoms with van der Waals surface area (Å²) in [6.45, 7) is 15.6. The third kappa shape index (κ3) is 3.54. The van der Waals surface area contributed by atoms with Crippen LogP contribution < -0.4 is 5.73 Å². The van der Waals surface area contributed by atoms with Crippen LogP contribution in [-0.4, -0.2) is 6.04 Å². The van der Waals surface area contributed by atoms with Crippen molar-refractivity contribution in [3.63, 3.8) is 0 Å². The quantitative estimate of drug-likeness (QED) is 0.499. The Balaban J connectivity index is 1.52. The molecule has 4 fully saturated rings. The molecule has 4 aliphatic carbocycles. The topological polar surface area (TPSA) is 26.0 Å². The van der Waals surface area contributed by atoms with Crippen molar-refractivity contribution in [3.8, 4) is 0 Å². The Kier molecular flexibility index (Phi) is 5.98. The molecule has 0 amide bonds. The van der Waals surface area contributed by atoms with Gasteiger partial charge in [-0.15, -0.1) is 0 Å². The second-order valence-corrected chi connectivity index (χ2v) is 13.4. The van der Waals surface area contributed by atoms with Crippen LogP contribution in [0, 0.1) is 51.8 Å². The van der Waals surface area contributed by atoms with Gasteiger partial charge in [-0.1, -0.05) is 60.8 Å². The molecule has 0 heterocycles. The van der Waals surface area contributed by atoms with Crippen LogP contribution in [0.2, 0.25) is 0 Å². The van der Waals surface area contributed by atoms with Crippen LogP contribution in [0.3, 0.4) is 0 Å². The van der Waals surface area contributed by atoms with Crippen molar-refractivity contribution >= 4 is 0 Å². The number of rotatable bonds is 5. The van der Waals surface area contributed by atoms with Crippen molar-refractivity contribution in [3.05, 3.63) is 0 Å². The minimum atomic E-state index is 0.480. The lowest BCUT2D eigenvalue weighted by Gasteiger charge is -2.66. The van der Waals surface area contributed by atoms with Gasteiger partial charge in [0, 0.05) is 6.04 Å². The summed E-state index contributed by atoms with van der Waals surface area (Å²) < 4.78 is 0. The summed E-state index contributed by atoms with van der Waals surface area (Å²) in [5.41, 5.74) is 8.19. The molecule has 0 radical (unpaired) electrons. The van der Waals surface area contributed by atoms with E-state index in [9.17, 15) is 0 Å². The van der Waals surface area contributed by atoms with Gasteiger partial charge >= 0.3 is 0 Å². The van der Waals surface area contributed by atoms with Gasteiger partial charge in [0.15, 0.2) is 0 Å². The smallest absolute Gasteiger partial charge is 0.00418 e. The van der Waals surface area contributed by atoms with Crippen LogP contribution in [0.5, 0.6) is 0 Å². The summed E-state index contributed by atoms with van der Waals surface area (Å²) in [5.74, 6) is 5.59. The van der Waals surface area contributed by atoms with Crippen molar-refractivity contribution in [2.24, 2.45) is 57.5 Å². The molecule has 0 spiro atoms. The number of nitrogens with two attached hydrogens (primary N) is 1. The summed E-state index contributed by atoms with van der Waals surface area (Å²) in [5, 5.41) is 0. The minimum absolute atomic E-state index is 0.480. The zero-order valence-electron chi connectivity index (χ0n) is 20.6. The summed E-state index contributed by atoms with van der Waals surface area (Å²) in [7, 11) is 0. The van der Waals surface area contributed by atoms with Gasteiger partial charge < -0.3 is 5.73 Å². The van der Waals surface area contributed by atoms with Crippen LogP contribution in [-0.2, 0) is 0 Å². The third-order valence-corrected chi connectivity index (χ3v) is 11.5. The molecule has 4 rings (SSSR count). The van der Waals surface area contributed by atoms with Crippen LogP contribution in [0.1, 0.15) is 119 Å². The maximum Gasteiger partial charge on any atom is 0.00418 e. The monoisotopic (exact) mass is 401 g/mol. The minimum Gasteiger partial charge on any atom is -0.328 e. The van der Waals surface area contributed by atoms with Crippen LogP contribution in [0.4, 0.5) is 0 Å². The highest BCUT2D eigenvalue weighted by molar-refractivity contribution is 5.14. The largest absolute Gasteiger partial charge is 0.328 e. The first kappa shape index (κ1) is 22.2. The van der Waals surface area contributed by atoms with E-state index in [-0.39, 0.29) is 0 Å². The molecule has 0 aliphatic heterocycles. The van der Waals surface area contributed by atoms with E-state index >= 15 is 0 Å². The fourth-order valence-electron chi connectivity index (χ4n) is 9.99. The molecule has 168 valence electrons. The second-order valence-electron chi connectivity index (χ2n) is 13.4. The predicted octanol–water partition coefficient (Wildman–Crippen LogP) is 7.83. The van der Waals surface area contributed by atoms with Crippen LogP contribution in [0.15, 0.2) is 0 Å². The average Bonchev–Trinajstić information content (AvgIpc) is 3.00. The molecule has 4 saturated carbocycles. The normalized spacial score (nSPS) is 50.7. The summed E-state index contributed by atoms with van der Waals surface area (Å²) >= 11 is 0. The lowest BCUT2D eigenvalue weighted by Crippen LogP contribution is -2.59.